The second-order valence-electron chi connectivity index (χ2n) is 8.69. The van der Waals surface area contributed by atoms with Crippen molar-refractivity contribution in [3.63, 3.8) is 0 Å². The Kier molecular flexibility index (Phi) is 4.76. The summed E-state index contributed by atoms with van der Waals surface area (Å²) in [4.78, 5) is 13.0. The van der Waals surface area contributed by atoms with Gasteiger partial charge in [0.2, 0.25) is 0 Å². The summed E-state index contributed by atoms with van der Waals surface area (Å²) < 4.78 is 4.88. The van der Waals surface area contributed by atoms with E-state index in [2.05, 4.69) is 17.6 Å². The van der Waals surface area contributed by atoms with Crippen LogP contribution in [0.2, 0.25) is 0 Å². The van der Waals surface area contributed by atoms with E-state index in [9.17, 15) is 4.79 Å². The summed E-state index contributed by atoms with van der Waals surface area (Å²) in [6.07, 6.45) is 8.40. The van der Waals surface area contributed by atoms with E-state index in [1.807, 2.05) is 13.0 Å². The van der Waals surface area contributed by atoms with Crippen molar-refractivity contribution in [1.82, 2.24) is 5.32 Å². The molecule has 0 amide bonds. The summed E-state index contributed by atoms with van der Waals surface area (Å²) in [6.45, 7) is 4.28. The number of aryl methyl sites for hydroxylation is 1. The summed E-state index contributed by atoms with van der Waals surface area (Å²) in [5.41, 5.74) is 0.957. The van der Waals surface area contributed by atoms with Gasteiger partial charge in [0, 0.05) is 10.9 Å². The summed E-state index contributed by atoms with van der Waals surface area (Å²) in [5, 5.41) is 8.18. The molecule has 1 unspecified atom stereocenters. The number of nitrogens with one attached hydrogen (secondary N) is 2. The molecule has 4 aliphatic rings. The number of carbonyl (C=O) groups is 1. The molecule has 1 aromatic rings. The maximum absolute atomic E-state index is 12.0. The zero-order chi connectivity index (χ0) is 18.5. The van der Waals surface area contributed by atoms with Gasteiger partial charge in [-0.25, -0.2) is 4.79 Å². The van der Waals surface area contributed by atoms with Gasteiger partial charge in [-0.05, 0) is 93.8 Å². The molecule has 142 valence electrons. The summed E-state index contributed by atoms with van der Waals surface area (Å²) in [7, 11) is 1.41. The van der Waals surface area contributed by atoms with Gasteiger partial charge >= 0.3 is 5.97 Å². The largest absolute Gasteiger partial charge is 0.465 e. The number of methoxy groups -OCH3 is 1. The average Bonchev–Trinajstić information content (AvgIpc) is 2.93. The van der Waals surface area contributed by atoms with Crippen LogP contribution >= 0.6 is 23.6 Å². The Morgan fingerprint density at radius 3 is 2.38 bits per heavy atom. The summed E-state index contributed by atoms with van der Waals surface area (Å²) >= 11 is 7.12. The lowest BCUT2D eigenvalue weighted by atomic mass is 9.48. The second-order valence-corrected chi connectivity index (χ2v) is 10.4. The zero-order valence-electron chi connectivity index (χ0n) is 15.8. The first-order chi connectivity index (χ1) is 12.4. The van der Waals surface area contributed by atoms with Crippen LogP contribution in [-0.2, 0) is 4.74 Å². The Hall–Kier alpha value is -1.14. The molecule has 5 rings (SSSR count). The Balaban J connectivity index is 1.43. The van der Waals surface area contributed by atoms with Crippen molar-refractivity contribution in [2.45, 2.75) is 58.4 Å². The van der Waals surface area contributed by atoms with Gasteiger partial charge in [0.1, 0.15) is 5.00 Å². The normalized spacial score (nSPS) is 33.0. The van der Waals surface area contributed by atoms with Crippen molar-refractivity contribution in [2.75, 3.05) is 12.4 Å². The van der Waals surface area contributed by atoms with Crippen LogP contribution in [0, 0.1) is 30.1 Å². The number of anilines is 1. The Bertz CT molecular complexity index is 692. The van der Waals surface area contributed by atoms with Gasteiger partial charge in [0.25, 0.3) is 0 Å². The van der Waals surface area contributed by atoms with Crippen molar-refractivity contribution in [3.05, 3.63) is 16.5 Å². The number of esters is 1. The molecule has 1 aromatic heterocycles. The van der Waals surface area contributed by atoms with Crippen molar-refractivity contribution in [1.29, 1.82) is 0 Å². The van der Waals surface area contributed by atoms with Gasteiger partial charge in [-0.3, -0.25) is 0 Å². The van der Waals surface area contributed by atoms with Crippen LogP contribution in [0.5, 0.6) is 0 Å². The van der Waals surface area contributed by atoms with Crippen LogP contribution < -0.4 is 10.6 Å². The fraction of sp³-hybridized carbons (Fsp3) is 0.700. The minimum Gasteiger partial charge on any atom is -0.465 e. The molecule has 0 saturated heterocycles. The molecule has 6 heteroatoms. The van der Waals surface area contributed by atoms with Gasteiger partial charge in [0.15, 0.2) is 5.11 Å². The zero-order valence-corrected chi connectivity index (χ0v) is 17.4. The van der Waals surface area contributed by atoms with Crippen LogP contribution in [0.15, 0.2) is 6.07 Å². The number of ether oxygens (including phenoxy) is 1. The summed E-state index contributed by atoms with van der Waals surface area (Å²) in [6, 6.07) is 2.21. The number of hydrogen-bond acceptors (Lipinski definition) is 4. The van der Waals surface area contributed by atoms with Crippen molar-refractivity contribution in [3.8, 4) is 0 Å². The van der Waals surface area contributed by atoms with Crippen LogP contribution in [0.25, 0.3) is 0 Å². The van der Waals surface area contributed by atoms with Gasteiger partial charge < -0.3 is 15.4 Å². The maximum atomic E-state index is 12.0. The highest BCUT2D eigenvalue weighted by atomic mass is 32.1. The van der Waals surface area contributed by atoms with Crippen LogP contribution in [0.3, 0.4) is 0 Å². The third kappa shape index (κ3) is 3.26. The van der Waals surface area contributed by atoms with Crippen LogP contribution in [0.1, 0.15) is 60.7 Å². The Morgan fingerprint density at radius 1 is 1.27 bits per heavy atom. The minimum atomic E-state index is -0.325. The van der Waals surface area contributed by atoms with E-state index in [-0.39, 0.29) is 5.97 Å². The van der Waals surface area contributed by atoms with Crippen molar-refractivity contribution >= 4 is 39.6 Å². The van der Waals surface area contributed by atoms with E-state index >= 15 is 0 Å². The van der Waals surface area contributed by atoms with E-state index < -0.39 is 0 Å². The maximum Gasteiger partial charge on any atom is 0.340 e. The van der Waals surface area contributed by atoms with Gasteiger partial charge in [-0.15, -0.1) is 11.3 Å². The Morgan fingerprint density at radius 2 is 1.85 bits per heavy atom. The molecule has 2 N–H and O–H groups in total. The third-order valence-electron chi connectivity index (χ3n) is 6.84. The van der Waals surface area contributed by atoms with Crippen molar-refractivity contribution in [2.24, 2.45) is 23.2 Å². The molecule has 4 aliphatic carbocycles. The van der Waals surface area contributed by atoms with E-state index in [0.29, 0.717) is 22.1 Å². The predicted octanol–water partition coefficient (Wildman–Crippen LogP) is 4.73. The van der Waals surface area contributed by atoms with Gasteiger partial charge in [-0.1, -0.05) is 0 Å². The second kappa shape index (κ2) is 6.79. The molecule has 4 bridgehead atoms. The molecule has 4 nitrogen and oxygen atoms in total. The van der Waals surface area contributed by atoms with Crippen LogP contribution in [-0.4, -0.2) is 24.2 Å². The predicted molar refractivity (Wildman–Crippen MR) is 110 cm³/mol. The Labute approximate surface area is 165 Å². The first-order valence-electron chi connectivity index (χ1n) is 9.65. The number of rotatable bonds is 4. The van der Waals surface area contributed by atoms with E-state index in [4.69, 9.17) is 17.0 Å². The number of hydrogen-bond donors (Lipinski definition) is 2. The monoisotopic (exact) mass is 392 g/mol. The molecule has 4 fully saturated rings. The van der Waals surface area contributed by atoms with Gasteiger partial charge in [0.05, 0.1) is 12.7 Å². The van der Waals surface area contributed by atoms with Crippen molar-refractivity contribution < 1.29 is 9.53 Å². The molecule has 26 heavy (non-hydrogen) atoms. The minimum absolute atomic E-state index is 0.325. The highest BCUT2D eigenvalue weighted by Gasteiger charge is 2.53. The number of thiocarbonyl (C=S) groups is 1. The molecule has 1 heterocycles. The third-order valence-corrected chi connectivity index (χ3v) is 8.03. The van der Waals surface area contributed by atoms with E-state index in [1.54, 1.807) is 0 Å². The molecule has 0 radical (unpaired) electrons. The lowest BCUT2D eigenvalue weighted by Gasteiger charge is -2.59. The topological polar surface area (TPSA) is 50.4 Å². The first kappa shape index (κ1) is 18.2. The standard InChI is InChI=1S/C20H28N2O2S2/c1-11-4-16(18(23)24-3)17(26-11)22-19(25)21-12(2)20-8-13-5-14(9-20)7-15(6-13)10-20/h4,12-15H,5-10H2,1-3H3,(H2,21,22,25). The van der Waals surface area contributed by atoms with E-state index in [1.165, 1.54) is 57.0 Å². The molecule has 0 aromatic carbocycles. The molecular formula is C20H28N2O2S2. The fourth-order valence-electron chi connectivity index (χ4n) is 6.07. The smallest absolute Gasteiger partial charge is 0.340 e. The number of carbonyl (C=O) groups excluding carboxylic acids is 1. The molecule has 0 spiro atoms. The molecular weight excluding hydrogens is 364 g/mol. The average molecular weight is 393 g/mol. The highest BCUT2D eigenvalue weighted by molar-refractivity contribution is 7.80. The number of thiophene rings is 1. The fourth-order valence-corrected chi connectivity index (χ4v) is 7.31. The lowest BCUT2D eigenvalue weighted by Crippen LogP contribution is -2.56. The molecule has 0 aliphatic heterocycles. The molecule has 4 saturated carbocycles. The van der Waals surface area contributed by atoms with Gasteiger partial charge in [-0.2, -0.15) is 0 Å². The van der Waals surface area contributed by atoms with E-state index in [0.717, 1.165) is 27.6 Å². The van der Waals surface area contributed by atoms with Crippen LogP contribution in [0.4, 0.5) is 5.00 Å². The lowest BCUT2D eigenvalue weighted by molar-refractivity contribution is -0.0671. The summed E-state index contributed by atoms with van der Waals surface area (Å²) in [5.74, 6) is 2.46. The first-order valence-corrected chi connectivity index (χ1v) is 10.9. The SMILES string of the molecule is COC(=O)c1cc(C)sc1NC(=S)NC(C)C12CC3CC(CC(C3)C1)C2. The highest BCUT2D eigenvalue weighted by Crippen LogP contribution is 2.61. The quantitative estimate of drug-likeness (QED) is 0.573. The molecule has 1 atom stereocenters.